The molecule has 1 aromatic rings. The van der Waals surface area contributed by atoms with E-state index in [9.17, 15) is 8.60 Å². The lowest BCUT2D eigenvalue weighted by molar-refractivity contribution is 0.554. The Morgan fingerprint density at radius 1 is 1.56 bits per heavy atom. The van der Waals surface area contributed by atoms with E-state index >= 15 is 0 Å². The zero-order valence-electron chi connectivity index (χ0n) is 9.30. The minimum Gasteiger partial charge on any atom is -0.309 e. The van der Waals surface area contributed by atoms with E-state index in [2.05, 4.69) is 5.32 Å². The van der Waals surface area contributed by atoms with Gasteiger partial charge in [0.1, 0.15) is 5.82 Å². The summed E-state index contributed by atoms with van der Waals surface area (Å²) in [6.45, 7) is 2.26. The smallest absolute Gasteiger partial charge is 0.129 e. The fraction of sp³-hybridized carbons (Fsp3) is 0.455. The Labute approximate surface area is 103 Å². The molecule has 1 N–H and O–H groups in total. The van der Waals surface area contributed by atoms with Gasteiger partial charge >= 0.3 is 0 Å². The van der Waals surface area contributed by atoms with Gasteiger partial charge in [0.15, 0.2) is 0 Å². The standard InChI is InChI=1S/C11H15ClFNOS/c1-8(7-16(2)15)14-6-9-10(12)4-3-5-11(9)13/h3-5,8,14H,6-7H2,1-2H3. The van der Waals surface area contributed by atoms with E-state index in [1.807, 2.05) is 6.92 Å². The number of halogens is 2. The fourth-order valence-corrected chi connectivity index (χ4v) is 2.44. The van der Waals surface area contributed by atoms with Crippen molar-refractivity contribution in [3.8, 4) is 0 Å². The summed E-state index contributed by atoms with van der Waals surface area (Å²) in [6.07, 6.45) is 1.65. The third-order valence-electron chi connectivity index (χ3n) is 2.17. The number of rotatable bonds is 5. The Morgan fingerprint density at radius 2 is 2.25 bits per heavy atom. The molecule has 0 amide bonds. The van der Waals surface area contributed by atoms with Crippen LogP contribution >= 0.6 is 11.6 Å². The average molecular weight is 264 g/mol. The number of hydrogen-bond acceptors (Lipinski definition) is 2. The minimum absolute atomic E-state index is 0.0708. The maximum atomic E-state index is 13.4. The van der Waals surface area contributed by atoms with Crippen molar-refractivity contribution in [3.05, 3.63) is 34.6 Å². The molecule has 0 aliphatic heterocycles. The molecular weight excluding hydrogens is 249 g/mol. The van der Waals surface area contributed by atoms with E-state index in [4.69, 9.17) is 11.6 Å². The summed E-state index contributed by atoms with van der Waals surface area (Å²) in [4.78, 5) is 0. The summed E-state index contributed by atoms with van der Waals surface area (Å²) in [6, 6.07) is 4.68. The molecule has 0 aliphatic rings. The van der Waals surface area contributed by atoms with Gasteiger partial charge in [-0.05, 0) is 19.1 Å². The molecule has 2 atom stereocenters. The zero-order chi connectivity index (χ0) is 12.1. The molecule has 2 unspecified atom stereocenters. The van der Waals surface area contributed by atoms with Gasteiger partial charge in [0.05, 0.1) is 0 Å². The molecule has 0 bridgehead atoms. The lowest BCUT2D eigenvalue weighted by atomic mass is 10.2. The van der Waals surface area contributed by atoms with Crippen LogP contribution in [0.15, 0.2) is 18.2 Å². The Kier molecular flexibility index (Phi) is 5.38. The van der Waals surface area contributed by atoms with E-state index in [-0.39, 0.29) is 11.9 Å². The quantitative estimate of drug-likeness (QED) is 0.884. The summed E-state index contributed by atoms with van der Waals surface area (Å²) in [5.74, 6) is 0.233. The molecular formula is C11H15ClFNOS. The van der Waals surface area contributed by atoms with Gasteiger partial charge in [-0.15, -0.1) is 0 Å². The molecule has 0 fully saturated rings. The van der Waals surface area contributed by atoms with Gasteiger partial charge in [0.2, 0.25) is 0 Å². The second-order valence-corrected chi connectivity index (χ2v) is 5.61. The largest absolute Gasteiger partial charge is 0.309 e. The highest BCUT2D eigenvalue weighted by atomic mass is 35.5. The second kappa shape index (κ2) is 6.33. The van der Waals surface area contributed by atoms with Crippen LogP contribution in [0.5, 0.6) is 0 Å². The van der Waals surface area contributed by atoms with Gasteiger partial charge in [-0.3, -0.25) is 4.21 Å². The highest BCUT2D eigenvalue weighted by Gasteiger charge is 2.09. The van der Waals surface area contributed by atoms with Gasteiger partial charge in [-0.1, -0.05) is 17.7 Å². The van der Waals surface area contributed by atoms with Crippen molar-refractivity contribution in [2.45, 2.75) is 19.5 Å². The summed E-state index contributed by atoms with van der Waals surface area (Å²) in [7, 11) is -0.853. The van der Waals surface area contributed by atoms with Crippen molar-refractivity contribution in [3.63, 3.8) is 0 Å². The van der Waals surface area contributed by atoms with Crippen LogP contribution in [0.4, 0.5) is 4.39 Å². The fourth-order valence-electron chi connectivity index (χ4n) is 1.39. The topological polar surface area (TPSA) is 29.1 Å². The number of nitrogens with one attached hydrogen (secondary N) is 1. The minimum atomic E-state index is -0.853. The lowest BCUT2D eigenvalue weighted by Gasteiger charge is -2.13. The molecule has 90 valence electrons. The molecule has 0 radical (unpaired) electrons. The van der Waals surface area contributed by atoms with E-state index in [1.165, 1.54) is 6.07 Å². The first kappa shape index (κ1) is 13.6. The van der Waals surface area contributed by atoms with Crippen LogP contribution < -0.4 is 5.32 Å². The first-order valence-corrected chi connectivity index (χ1v) is 7.07. The first-order chi connectivity index (χ1) is 7.50. The van der Waals surface area contributed by atoms with Gasteiger partial charge < -0.3 is 5.32 Å². The maximum absolute atomic E-state index is 13.4. The second-order valence-electron chi connectivity index (χ2n) is 3.72. The van der Waals surface area contributed by atoms with Crippen LogP contribution in [-0.2, 0) is 17.3 Å². The monoisotopic (exact) mass is 263 g/mol. The van der Waals surface area contributed by atoms with E-state index in [1.54, 1.807) is 18.4 Å². The highest BCUT2D eigenvalue weighted by molar-refractivity contribution is 7.84. The van der Waals surface area contributed by atoms with Crippen LogP contribution in [0.1, 0.15) is 12.5 Å². The van der Waals surface area contributed by atoms with Crippen molar-refractivity contribution in [1.29, 1.82) is 0 Å². The molecule has 0 aliphatic carbocycles. The molecule has 2 nitrogen and oxygen atoms in total. The van der Waals surface area contributed by atoms with E-state index < -0.39 is 10.8 Å². The summed E-state index contributed by atoms with van der Waals surface area (Å²) in [5.41, 5.74) is 0.456. The van der Waals surface area contributed by atoms with Crippen molar-refractivity contribution in [2.75, 3.05) is 12.0 Å². The zero-order valence-corrected chi connectivity index (χ0v) is 10.9. The molecule has 5 heteroatoms. The van der Waals surface area contributed by atoms with Crippen LogP contribution in [0, 0.1) is 5.82 Å². The predicted octanol–water partition coefficient (Wildman–Crippen LogP) is 2.34. The molecule has 0 spiro atoms. The molecule has 16 heavy (non-hydrogen) atoms. The molecule has 0 aromatic heterocycles. The number of benzene rings is 1. The van der Waals surface area contributed by atoms with Crippen LogP contribution in [0.2, 0.25) is 5.02 Å². The van der Waals surface area contributed by atoms with Crippen molar-refractivity contribution in [2.24, 2.45) is 0 Å². The maximum Gasteiger partial charge on any atom is 0.129 e. The van der Waals surface area contributed by atoms with Crippen LogP contribution in [-0.4, -0.2) is 22.3 Å². The molecule has 0 saturated heterocycles. The van der Waals surface area contributed by atoms with Crippen LogP contribution in [0.25, 0.3) is 0 Å². The highest BCUT2D eigenvalue weighted by Crippen LogP contribution is 2.18. The van der Waals surface area contributed by atoms with Crippen molar-refractivity contribution >= 4 is 22.4 Å². The normalized spacial score (nSPS) is 14.8. The Balaban J connectivity index is 2.57. The Morgan fingerprint density at radius 3 is 2.81 bits per heavy atom. The van der Waals surface area contributed by atoms with Crippen LogP contribution in [0.3, 0.4) is 0 Å². The molecule has 0 heterocycles. The summed E-state index contributed by atoms with van der Waals surface area (Å²) in [5, 5.41) is 3.51. The summed E-state index contributed by atoms with van der Waals surface area (Å²) < 4.78 is 24.3. The van der Waals surface area contributed by atoms with Crippen molar-refractivity contribution < 1.29 is 8.60 Å². The Hall–Kier alpha value is -0.450. The molecule has 0 saturated carbocycles. The van der Waals surface area contributed by atoms with Gasteiger partial charge in [0.25, 0.3) is 0 Å². The number of hydrogen-bond donors (Lipinski definition) is 1. The molecule has 1 aromatic carbocycles. The summed E-state index contributed by atoms with van der Waals surface area (Å²) >= 11 is 5.88. The van der Waals surface area contributed by atoms with Gasteiger partial charge in [-0.2, -0.15) is 0 Å². The Bertz CT molecular complexity index is 366. The first-order valence-electron chi connectivity index (χ1n) is 4.97. The predicted molar refractivity (Wildman–Crippen MR) is 66.6 cm³/mol. The SMILES string of the molecule is CC(CS(C)=O)NCc1c(F)cccc1Cl. The van der Waals surface area contributed by atoms with E-state index in [0.717, 1.165) is 0 Å². The molecule has 1 rings (SSSR count). The van der Waals surface area contributed by atoms with E-state index in [0.29, 0.717) is 22.9 Å². The lowest BCUT2D eigenvalue weighted by Crippen LogP contribution is -2.30. The van der Waals surface area contributed by atoms with Crippen molar-refractivity contribution in [1.82, 2.24) is 5.32 Å². The average Bonchev–Trinajstić information content (AvgIpc) is 2.15. The van der Waals surface area contributed by atoms with Gasteiger partial charge in [-0.25, -0.2) is 4.39 Å². The van der Waals surface area contributed by atoms with Gasteiger partial charge in [0, 0.05) is 46.0 Å². The third kappa shape index (κ3) is 4.20. The third-order valence-corrected chi connectivity index (χ3v) is 3.50.